The van der Waals surface area contributed by atoms with Crippen molar-refractivity contribution < 1.29 is 4.74 Å². The van der Waals surface area contributed by atoms with Gasteiger partial charge in [-0.15, -0.1) is 0 Å². The van der Waals surface area contributed by atoms with Crippen molar-refractivity contribution in [1.82, 2.24) is 10.2 Å². The monoisotopic (exact) mass is 242 g/mol. The highest BCUT2D eigenvalue weighted by atomic mass is 16.5. The Hall–Kier alpha value is -0.120. The third-order valence-corrected chi connectivity index (χ3v) is 3.43. The lowest BCUT2D eigenvalue weighted by molar-refractivity contribution is 0.0591. The van der Waals surface area contributed by atoms with E-state index in [9.17, 15) is 0 Å². The van der Waals surface area contributed by atoms with E-state index in [1.165, 1.54) is 25.9 Å². The van der Waals surface area contributed by atoms with E-state index in [1.54, 1.807) is 7.11 Å². The summed E-state index contributed by atoms with van der Waals surface area (Å²) in [6.07, 6.45) is 2.71. The number of nitrogens with zero attached hydrogens (tertiary/aromatic N) is 1. The Morgan fingerprint density at radius 3 is 2.65 bits per heavy atom. The number of rotatable bonds is 5. The average molecular weight is 242 g/mol. The summed E-state index contributed by atoms with van der Waals surface area (Å²) in [5.41, 5.74) is 0.188. The quantitative estimate of drug-likeness (QED) is 0.799. The minimum Gasteiger partial charge on any atom is -0.383 e. The normalized spacial score (nSPS) is 24.9. The van der Waals surface area contributed by atoms with Gasteiger partial charge in [0, 0.05) is 31.8 Å². The molecule has 1 fully saturated rings. The zero-order chi connectivity index (χ0) is 12.9. The van der Waals surface area contributed by atoms with Crippen molar-refractivity contribution in [2.45, 2.75) is 52.1 Å². The maximum atomic E-state index is 5.38. The van der Waals surface area contributed by atoms with Crippen molar-refractivity contribution in [2.75, 3.05) is 33.4 Å². The van der Waals surface area contributed by atoms with E-state index in [4.69, 9.17) is 4.74 Å². The minimum absolute atomic E-state index is 0.188. The highest BCUT2D eigenvalue weighted by Crippen LogP contribution is 2.18. The molecule has 0 spiro atoms. The second-order valence-corrected chi connectivity index (χ2v) is 6.48. The van der Waals surface area contributed by atoms with Crippen LogP contribution in [0, 0.1) is 5.92 Å². The van der Waals surface area contributed by atoms with E-state index in [2.05, 4.69) is 37.9 Å². The third-order valence-electron chi connectivity index (χ3n) is 3.43. The molecule has 0 aromatic heterocycles. The first-order chi connectivity index (χ1) is 7.92. The van der Waals surface area contributed by atoms with Gasteiger partial charge in [-0.3, -0.25) is 4.90 Å². The van der Waals surface area contributed by atoms with Crippen LogP contribution in [0.1, 0.15) is 40.5 Å². The Kier molecular flexibility index (Phi) is 5.90. The van der Waals surface area contributed by atoms with Crippen LogP contribution in [-0.2, 0) is 4.74 Å². The molecule has 0 aliphatic carbocycles. The Balaban J connectivity index is 2.46. The molecule has 0 aromatic carbocycles. The van der Waals surface area contributed by atoms with E-state index in [1.807, 2.05) is 0 Å². The predicted molar refractivity (Wildman–Crippen MR) is 73.4 cm³/mol. The number of hydrogen-bond acceptors (Lipinski definition) is 3. The van der Waals surface area contributed by atoms with Gasteiger partial charge in [0.15, 0.2) is 0 Å². The first-order valence-corrected chi connectivity index (χ1v) is 6.90. The molecule has 1 rings (SSSR count). The lowest BCUT2D eigenvalue weighted by atomic mass is 9.98. The van der Waals surface area contributed by atoms with E-state index in [0.29, 0.717) is 6.04 Å². The molecule has 17 heavy (non-hydrogen) atoms. The summed E-state index contributed by atoms with van der Waals surface area (Å²) >= 11 is 0. The number of ether oxygens (including phenoxy) is 1. The Bertz CT molecular complexity index is 213. The van der Waals surface area contributed by atoms with Crippen LogP contribution in [-0.4, -0.2) is 49.8 Å². The fraction of sp³-hybridized carbons (Fsp3) is 1.00. The van der Waals surface area contributed by atoms with Crippen molar-refractivity contribution in [1.29, 1.82) is 0 Å². The van der Waals surface area contributed by atoms with Gasteiger partial charge in [-0.25, -0.2) is 0 Å². The molecule has 2 unspecified atom stereocenters. The summed E-state index contributed by atoms with van der Waals surface area (Å²) in [7, 11) is 1.80. The van der Waals surface area contributed by atoms with Gasteiger partial charge < -0.3 is 10.1 Å². The molecule has 0 amide bonds. The van der Waals surface area contributed by atoms with Gasteiger partial charge in [0.1, 0.15) is 0 Å². The second kappa shape index (κ2) is 6.72. The highest BCUT2D eigenvalue weighted by Gasteiger charge is 2.24. The molecule has 1 aliphatic heterocycles. The van der Waals surface area contributed by atoms with Gasteiger partial charge in [0.2, 0.25) is 0 Å². The number of likely N-dealkylation sites (tertiary alicyclic amines) is 1. The van der Waals surface area contributed by atoms with Gasteiger partial charge in [-0.05, 0) is 46.1 Å². The first-order valence-electron chi connectivity index (χ1n) is 6.90. The largest absolute Gasteiger partial charge is 0.383 e. The topological polar surface area (TPSA) is 24.5 Å². The van der Waals surface area contributed by atoms with Crippen LogP contribution in [0.25, 0.3) is 0 Å². The summed E-state index contributed by atoms with van der Waals surface area (Å²) in [6.45, 7) is 13.3. The molecule has 1 N–H and O–H groups in total. The SMILES string of the molecule is COCC(CNC(C)(C)C)N1CCCC(C)C1. The highest BCUT2D eigenvalue weighted by molar-refractivity contribution is 4.82. The zero-order valence-corrected chi connectivity index (χ0v) is 12.3. The van der Waals surface area contributed by atoms with Gasteiger partial charge >= 0.3 is 0 Å². The molecule has 0 saturated carbocycles. The molecule has 0 aromatic rings. The van der Waals surface area contributed by atoms with Crippen LogP contribution in [0.15, 0.2) is 0 Å². The fourth-order valence-corrected chi connectivity index (χ4v) is 2.47. The predicted octanol–water partition coefficient (Wildman–Crippen LogP) is 2.12. The lowest BCUT2D eigenvalue weighted by Gasteiger charge is -2.38. The molecule has 1 aliphatic rings. The molecule has 0 radical (unpaired) electrons. The fourth-order valence-electron chi connectivity index (χ4n) is 2.47. The third kappa shape index (κ3) is 5.84. The molecular weight excluding hydrogens is 212 g/mol. The average Bonchev–Trinajstić information content (AvgIpc) is 2.23. The smallest absolute Gasteiger partial charge is 0.0630 e. The molecular formula is C14H30N2O. The van der Waals surface area contributed by atoms with E-state index < -0.39 is 0 Å². The molecule has 1 heterocycles. The number of hydrogen-bond donors (Lipinski definition) is 1. The zero-order valence-electron chi connectivity index (χ0n) is 12.3. The standard InChI is InChI=1S/C14H30N2O/c1-12-7-6-8-16(10-12)13(11-17-5)9-15-14(2,3)4/h12-13,15H,6-11H2,1-5H3. The van der Waals surface area contributed by atoms with Crippen LogP contribution in [0.3, 0.4) is 0 Å². The number of piperidine rings is 1. The Morgan fingerprint density at radius 1 is 1.41 bits per heavy atom. The number of nitrogens with one attached hydrogen (secondary N) is 1. The van der Waals surface area contributed by atoms with Gasteiger partial charge in [0.05, 0.1) is 6.61 Å². The van der Waals surface area contributed by atoms with Crippen molar-refractivity contribution in [2.24, 2.45) is 5.92 Å². The summed E-state index contributed by atoms with van der Waals surface area (Å²) in [4.78, 5) is 2.59. The van der Waals surface area contributed by atoms with Crippen LogP contribution in [0.5, 0.6) is 0 Å². The van der Waals surface area contributed by atoms with Crippen molar-refractivity contribution in [3.63, 3.8) is 0 Å². The van der Waals surface area contributed by atoms with E-state index >= 15 is 0 Å². The molecule has 3 nitrogen and oxygen atoms in total. The summed E-state index contributed by atoms with van der Waals surface area (Å²) < 4.78 is 5.38. The lowest BCUT2D eigenvalue weighted by Crippen LogP contribution is -2.52. The Morgan fingerprint density at radius 2 is 2.12 bits per heavy atom. The summed E-state index contributed by atoms with van der Waals surface area (Å²) in [6, 6.07) is 0.516. The van der Waals surface area contributed by atoms with Crippen molar-refractivity contribution in [3.05, 3.63) is 0 Å². The van der Waals surface area contributed by atoms with Gasteiger partial charge in [0.25, 0.3) is 0 Å². The van der Waals surface area contributed by atoms with Crippen LogP contribution in [0.4, 0.5) is 0 Å². The van der Waals surface area contributed by atoms with E-state index in [0.717, 1.165) is 19.1 Å². The maximum absolute atomic E-state index is 5.38. The van der Waals surface area contributed by atoms with Crippen LogP contribution < -0.4 is 5.32 Å². The Labute approximate surface area is 107 Å². The van der Waals surface area contributed by atoms with Crippen molar-refractivity contribution >= 4 is 0 Å². The number of methoxy groups -OCH3 is 1. The first kappa shape index (κ1) is 14.9. The second-order valence-electron chi connectivity index (χ2n) is 6.48. The molecule has 0 bridgehead atoms. The van der Waals surface area contributed by atoms with Crippen LogP contribution in [0.2, 0.25) is 0 Å². The molecule has 3 heteroatoms. The summed E-state index contributed by atoms with van der Waals surface area (Å²) in [5.74, 6) is 0.831. The molecule has 1 saturated heterocycles. The maximum Gasteiger partial charge on any atom is 0.0630 e. The van der Waals surface area contributed by atoms with Crippen molar-refractivity contribution in [3.8, 4) is 0 Å². The molecule has 102 valence electrons. The molecule has 2 atom stereocenters. The minimum atomic E-state index is 0.188. The van der Waals surface area contributed by atoms with Gasteiger partial charge in [-0.2, -0.15) is 0 Å². The van der Waals surface area contributed by atoms with Gasteiger partial charge in [-0.1, -0.05) is 6.92 Å². The summed E-state index contributed by atoms with van der Waals surface area (Å²) in [5, 5.41) is 3.60. The van der Waals surface area contributed by atoms with Crippen LogP contribution >= 0.6 is 0 Å². The van der Waals surface area contributed by atoms with E-state index in [-0.39, 0.29) is 5.54 Å².